The topological polar surface area (TPSA) is 42.3 Å². The Morgan fingerprint density at radius 3 is 2.82 bits per heavy atom. The molecule has 1 fully saturated rings. The van der Waals surface area contributed by atoms with Crippen LogP contribution in [-0.2, 0) is 9.47 Å². The largest absolute Gasteiger partial charge is 0.378 e. The molecule has 11 heavy (non-hydrogen) atoms. The van der Waals surface area contributed by atoms with Gasteiger partial charge in [0.05, 0.1) is 25.9 Å². The van der Waals surface area contributed by atoms with Crippen molar-refractivity contribution in [2.45, 2.75) is 20.0 Å². The molecule has 3 nitrogen and oxygen atoms in total. The van der Waals surface area contributed by atoms with E-state index in [0.717, 1.165) is 6.61 Å². The Morgan fingerprint density at radius 2 is 2.36 bits per heavy atom. The summed E-state index contributed by atoms with van der Waals surface area (Å²) in [6, 6.07) is 0. The summed E-state index contributed by atoms with van der Waals surface area (Å²) in [4.78, 5) is 0. The minimum absolute atomic E-state index is 0.204. The van der Waals surface area contributed by atoms with Crippen molar-refractivity contribution in [3.63, 3.8) is 0 Å². The third-order valence-corrected chi connectivity index (χ3v) is 1.81. The summed E-state index contributed by atoms with van der Waals surface area (Å²) in [5.41, 5.74) is 0.573. The van der Waals surface area contributed by atoms with Gasteiger partial charge in [-0.2, -0.15) is 0 Å². The first-order chi connectivity index (χ1) is 5.20. The van der Waals surface area contributed by atoms with Crippen molar-refractivity contribution in [2.24, 2.45) is 5.92 Å². The van der Waals surface area contributed by atoms with Crippen molar-refractivity contribution in [3.05, 3.63) is 0 Å². The van der Waals surface area contributed by atoms with Crippen molar-refractivity contribution >= 4 is 5.71 Å². The minimum Gasteiger partial charge on any atom is -0.378 e. The third kappa shape index (κ3) is 2.60. The lowest BCUT2D eigenvalue weighted by molar-refractivity contribution is 0.0522. The number of hydrogen-bond donors (Lipinski definition) is 1. The maximum atomic E-state index is 7.16. The lowest BCUT2D eigenvalue weighted by Gasteiger charge is -2.13. The number of nitrogens with one attached hydrogen (secondary N) is 1. The SMILES string of the molecule is CC(=N)CO[C@H]1COC[C@H]1C. The highest BCUT2D eigenvalue weighted by Gasteiger charge is 2.24. The van der Waals surface area contributed by atoms with E-state index in [4.69, 9.17) is 14.9 Å². The molecular formula is C8H15NO2. The van der Waals surface area contributed by atoms with E-state index in [2.05, 4.69) is 6.92 Å². The smallest absolute Gasteiger partial charge is 0.0861 e. The normalized spacial score (nSPS) is 30.7. The molecule has 0 bridgehead atoms. The van der Waals surface area contributed by atoms with Crippen LogP contribution in [0.25, 0.3) is 0 Å². The summed E-state index contributed by atoms with van der Waals surface area (Å²) in [5, 5.41) is 7.16. The van der Waals surface area contributed by atoms with Gasteiger partial charge in [-0.15, -0.1) is 0 Å². The maximum Gasteiger partial charge on any atom is 0.0861 e. The Kier molecular flexibility index (Phi) is 3.02. The molecule has 1 saturated heterocycles. The minimum atomic E-state index is 0.204. The van der Waals surface area contributed by atoms with Gasteiger partial charge in [0, 0.05) is 11.6 Å². The first-order valence-electron chi connectivity index (χ1n) is 3.93. The van der Waals surface area contributed by atoms with Crippen molar-refractivity contribution in [1.82, 2.24) is 0 Å². The molecule has 64 valence electrons. The van der Waals surface area contributed by atoms with Gasteiger partial charge in [0.2, 0.25) is 0 Å². The van der Waals surface area contributed by atoms with Gasteiger partial charge in [0.1, 0.15) is 0 Å². The third-order valence-electron chi connectivity index (χ3n) is 1.81. The molecule has 0 amide bonds. The Balaban J connectivity index is 2.20. The predicted molar refractivity (Wildman–Crippen MR) is 43.1 cm³/mol. The van der Waals surface area contributed by atoms with E-state index in [9.17, 15) is 0 Å². The number of hydrogen-bond acceptors (Lipinski definition) is 3. The molecule has 1 N–H and O–H groups in total. The first kappa shape index (κ1) is 8.68. The van der Waals surface area contributed by atoms with Crippen molar-refractivity contribution in [1.29, 1.82) is 5.41 Å². The standard InChI is InChI=1S/C8H15NO2/c1-6-3-10-5-8(6)11-4-7(2)9/h6,8-9H,3-5H2,1-2H3/t6-,8+/m1/s1. The molecule has 0 aromatic heterocycles. The van der Waals surface area contributed by atoms with Gasteiger partial charge in [-0.25, -0.2) is 0 Å². The summed E-state index contributed by atoms with van der Waals surface area (Å²) in [5.74, 6) is 0.481. The highest BCUT2D eigenvalue weighted by atomic mass is 16.5. The molecule has 1 aliphatic heterocycles. The monoisotopic (exact) mass is 157 g/mol. The molecule has 0 saturated carbocycles. The number of ether oxygens (including phenoxy) is 2. The van der Waals surface area contributed by atoms with Crippen LogP contribution in [0.3, 0.4) is 0 Å². The van der Waals surface area contributed by atoms with E-state index in [0.29, 0.717) is 24.8 Å². The van der Waals surface area contributed by atoms with E-state index in [-0.39, 0.29) is 6.10 Å². The van der Waals surface area contributed by atoms with Gasteiger partial charge >= 0.3 is 0 Å². The van der Waals surface area contributed by atoms with Crippen LogP contribution in [0.2, 0.25) is 0 Å². The van der Waals surface area contributed by atoms with Crippen LogP contribution in [0.15, 0.2) is 0 Å². The van der Waals surface area contributed by atoms with Crippen LogP contribution in [0.4, 0.5) is 0 Å². The van der Waals surface area contributed by atoms with E-state index in [1.807, 2.05) is 0 Å². The lowest BCUT2D eigenvalue weighted by atomic mass is 10.1. The zero-order valence-electron chi connectivity index (χ0n) is 7.09. The zero-order valence-corrected chi connectivity index (χ0v) is 7.09. The summed E-state index contributed by atoms with van der Waals surface area (Å²) < 4.78 is 10.6. The fourth-order valence-corrected chi connectivity index (χ4v) is 1.09. The van der Waals surface area contributed by atoms with E-state index >= 15 is 0 Å². The van der Waals surface area contributed by atoms with Crippen LogP contribution in [0.5, 0.6) is 0 Å². The van der Waals surface area contributed by atoms with Gasteiger partial charge < -0.3 is 14.9 Å². The molecule has 0 radical (unpaired) electrons. The first-order valence-corrected chi connectivity index (χ1v) is 3.93. The average molecular weight is 157 g/mol. The summed E-state index contributed by atoms with van der Waals surface area (Å²) in [6.45, 7) is 5.78. The van der Waals surface area contributed by atoms with Crippen LogP contribution in [-0.4, -0.2) is 31.6 Å². The van der Waals surface area contributed by atoms with Crippen molar-refractivity contribution in [3.8, 4) is 0 Å². The molecule has 0 aromatic carbocycles. The molecule has 2 atom stereocenters. The van der Waals surface area contributed by atoms with Gasteiger partial charge in [-0.3, -0.25) is 0 Å². The van der Waals surface area contributed by atoms with Gasteiger partial charge in [0.15, 0.2) is 0 Å². The highest BCUT2D eigenvalue weighted by Crippen LogP contribution is 2.15. The second kappa shape index (κ2) is 3.83. The molecule has 1 aliphatic rings. The molecule has 1 heterocycles. The summed E-state index contributed by atoms with van der Waals surface area (Å²) >= 11 is 0. The average Bonchev–Trinajstić information content (AvgIpc) is 2.31. The molecule has 0 aliphatic carbocycles. The lowest BCUT2D eigenvalue weighted by Crippen LogP contribution is -2.22. The van der Waals surface area contributed by atoms with Crippen molar-refractivity contribution < 1.29 is 9.47 Å². The summed E-state index contributed by atoms with van der Waals surface area (Å²) in [7, 11) is 0. The van der Waals surface area contributed by atoms with E-state index in [1.54, 1.807) is 6.92 Å². The Hall–Kier alpha value is -0.410. The zero-order chi connectivity index (χ0) is 8.27. The Morgan fingerprint density at radius 1 is 1.64 bits per heavy atom. The molecule has 0 unspecified atom stereocenters. The number of rotatable bonds is 3. The fourth-order valence-electron chi connectivity index (χ4n) is 1.09. The second-order valence-corrected chi connectivity index (χ2v) is 3.14. The maximum absolute atomic E-state index is 7.16. The molecular weight excluding hydrogens is 142 g/mol. The van der Waals surface area contributed by atoms with Crippen LogP contribution >= 0.6 is 0 Å². The van der Waals surface area contributed by atoms with Crippen LogP contribution in [0, 0.1) is 11.3 Å². The van der Waals surface area contributed by atoms with Gasteiger partial charge in [-0.1, -0.05) is 6.92 Å². The van der Waals surface area contributed by atoms with Crippen LogP contribution < -0.4 is 0 Å². The van der Waals surface area contributed by atoms with E-state index < -0.39 is 0 Å². The quantitative estimate of drug-likeness (QED) is 0.623. The van der Waals surface area contributed by atoms with Crippen molar-refractivity contribution in [2.75, 3.05) is 19.8 Å². The molecule has 0 aromatic rings. The Bertz CT molecular complexity index is 147. The summed E-state index contributed by atoms with van der Waals surface area (Å²) in [6.07, 6.45) is 0.204. The van der Waals surface area contributed by atoms with Gasteiger partial charge in [0.25, 0.3) is 0 Å². The van der Waals surface area contributed by atoms with E-state index in [1.165, 1.54) is 0 Å². The van der Waals surface area contributed by atoms with Gasteiger partial charge in [-0.05, 0) is 6.92 Å². The molecule has 1 rings (SSSR count). The second-order valence-electron chi connectivity index (χ2n) is 3.14. The Labute approximate surface area is 67.2 Å². The van der Waals surface area contributed by atoms with Crippen LogP contribution in [0.1, 0.15) is 13.8 Å². The molecule has 3 heteroatoms. The highest BCUT2D eigenvalue weighted by molar-refractivity contribution is 5.79. The molecule has 0 spiro atoms. The fraction of sp³-hybridized carbons (Fsp3) is 0.875. The predicted octanol–water partition coefficient (Wildman–Crippen LogP) is 1.08.